The summed E-state index contributed by atoms with van der Waals surface area (Å²) in [5.74, 6) is 1.38. The van der Waals surface area contributed by atoms with Gasteiger partial charge >= 0.3 is 91.1 Å². The minimum Gasteiger partial charge on any atom is -1.00 e. The number of aliphatic hydroxyl groups is 2. The van der Waals surface area contributed by atoms with E-state index in [2.05, 4.69) is 48.8 Å². The van der Waals surface area contributed by atoms with Crippen molar-refractivity contribution in [2.24, 2.45) is 5.73 Å². The quantitative estimate of drug-likeness (QED) is 0.0236. The number of halogens is 2. The molecule has 65 heteroatoms. The maximum absolute atomic E-state index is 12.1. The van der Waals surface area contributed by atoms with Crippen molar-refractivity contribution in [1.82, 2.24) is 29.4 Å². The lowest BCUT2D eigenvalue weighted by Gasteiger charge is -2.33. The highest BCUT2D eigenvalue weighted by Crippen LogP contribution is 2.63. The molecule has 0 fully saturated rings. The normalized spacial score (nSPS) is 13.4. The number of rotatable bonds is 82. The second kappa shape index (κ2) is 86.4. The summed E-state index contributed by atoms with van der Waals surface area (Å²) in [6.45, 7) is 15.7. The van der Waals surface area contributed by atoms with Gasteiger partial charge in [0.05, 0.1) is 104 Å². The Morgan fingerprint density at radius 1 is 0.291 bits per heavy atom. The van der Waals surface area contributed by atoms with Crippen molar-refractivity contribution in [2.75, 3.05) is 312 Å². The zero-order chi connectivity index (χ0) is 108. The van der Waals surface area contributed by atoms with E-state index in [4.69, 9.17) is 52.1 Å². The highest BCUT2D eigenvalue weighted by molar-refractivity contribution is 7.71. The van der Waals surface area contributed by atoms with E-state index < -0.39 is 147 Å². The Hall–Kier alpha value is 2.21. The molecular formula is C76H188Br2N9O41P13. The molecule has 0 aliphatic heterocycles. The summed E-state index contributed by atoms with van der Waals surface area (Å²) in [6, 6.07) is 0. The molecule has 0 rings (SSSR count). The third-order valence-corrected chi connectivity index (χ3v) is 41.7. The van der Waals surface area contributed by atoms with E-state index >= 15 is 0 Å². The molecule has 50 nitrogen and oxygen atoms in total. The van der Waals surface area contributed by atoms with Gasteiger partial charge in [0, 0.05) is 207 Å². The van der Waals surface area contributed by atoms with Crippen LogP contribution in [0.4, 0.5) is 0 Å². The van der Waals surface area contributed by atoms with Crippen molar-refractivity contribution >= 4 is 98.5 Å². The van der Waals surface area contributed by atoms with E-state index in [0.717, 1.165) is 61.1 Å². The predicted molar refractivity (Wildman–Crippen MR) is 548 cm³/mol. The van der Waals surface area contributed by atoms with Crippen LogP contribution in [-0.4, -0.2) is 455 Å². The van der Waals surface area contributed by atoms with E-state index in [0.29, 0.717) is 94.8 Å². The summed E-state index contributed by atoms with van der Waals surface area (Å²) in [5.41, 5.74) is 4.98. The Morgan fingerprint density at radius 2 is 0.511 bits per heavy atom. The molecule has 0 heterocycles. The molecule has 141 heavy (non-hydrogen) atoms. The van der Waals surface area contributed by atoms with Crippen molar-refractivity contribution in [3.63, 3.8) is 0 Å². The smallest absolute Gasteiger partial charge is 0.342 e. The summed E-state index contributed by atoms with van der Waals surface area (Å²) in [7, 11) is -31.2. The highest BCUT2D eigenvalue weighted by atomic mass is 79.9. The lowest BCUT2D eigenvalue weighted by atomic mass is 10.0. The zero-order valence-electron chi connectivity index (χ0n) is 86.6. The van der Waals surface area contributed by atoms with Crippen LogP contribution in [0.5, 0.6) is 0 Å². The maximum atomic E-state index is 12.1. The van der Waals surface area contributed by atoms with Crippen LogP contribution in [0.15, 0.2) is 12.4 Å². The van der Waals surface area contributed by atoms with Crippen molar-refractivity contribution in [2.45, 2.75) is 173 Å². The first-order valence-electron chi connectivity index (χ1n) is 46.3. The Morgan fingerprint density at radius 3 is 0.716 bits per heavy atom. The molecule has 0 aromatic heterocycles. The SMILES string of the molecule is C=CP(=O)(CC)OC.CCCCCCCCCCCCCCCCCC[N+](C)(C)CCCN(CCN(CCP(=O)(O)O)CCP(=O)(O)O)CCN(CCP(=O)(O)O)CCP(=O)(O)O.CCCCN(CCP(=O)(OC)OC)CCP(=O)(OC)OC.COP(=O)(CCN(CCCO)CCP(=O)(OC)OC)OC.C[N+](C)(C)CCCN(CC(P(=O)(O)O)P(=O)(O)O)CC(P(=O)(O)O)P(=O)(O)O.NCCCO.O.[Br-].[Br-]. The van der Waals surface area contributed by atoms with Gasteiger partial charge in [-0.3, -0.25) is 64.2 Å². The molecule has 1 atom stereocenters. The lowest BCUT2D eigenvalue weighted by Crippen LogP contribution is -3.00. The molecule has 0 radical (unpaired) electrons. The van der Waals surface area contributed by atoms with Gasteiger partial charge in [-0.1, -0.05) is 124 Å². The van der Waals surface area contributed by atoms with Gasteiger partial charge in [0.1, 0.15) is 0 Å². The molecule has 0 saturated carbocycles. The molecular weight excluding hydrogens is 2260 g/mol. The number of quaternary nitrogens is 2. The average molecular weight is 2450 g/mol. The van der Waals surface area contributed by atoms with Crippen LogP contribution in [0.25, 0.3) is 0 Å². The van der Waals surface area contributed by atoms with Gasteiger partial charge in [-0.15, -0.1) is 0 Å². The summed E-state index contributed by atoms with van der Waals surface area (Å²) >= 11 is 0. The molecule has 0 amide bonds. The second-order valence-corrected chi connectivity index (χ2v) is 62.3. The zero-order valence-corrected chi connectivity index (χ0v) is 101. The Labute approximate surface area is 862 Å². The van der Waals surface area contributed by atoms with Crippen LogP contribution < -0.4 is 39.7 Å². The molecule has 0 aromatic rings. The first kappa shape index (κ1) is 161. The Kier molecular flexibility index (Phi) is 98.5. The molecule has 1 unspecified atom stereocenters. The monoisotopic (exact) mass is 2440 g/mol. The summed E-state index contributed by atoms with van der Waals surface area (Å²) in [4.78, 5) is 160. The summed E-state index contributed by atoms with van der Waals surface area (Å²) in [5, 5.41) is 11.9. The number of nitrogens with two attached hydrogens (primary N) is 1. The van der Waals surface area contributed by atoms with Crippen LogP contribution in [0.3, 0.4) is 0 Å². The molecule has 0 aliphatic carbocycles. The fraction of sp³-hybridized carbons (Fsp3) is 0.974. The van der Waals surface area contributed by atoms with Crippen molar-refractivity contribution < 1.29 is 237 Å². The minimum absolute atomic E-state index is 0. The van der Waals surface area contributed by atoms with Crippen molar-refractivity contribution in [3.8, 4) is 0 Å². The first-order valence-corrected chi connectivity index (χ1v) is 69.0. The minimum atomic E-state index is -5.34. The highest BCUT2D eigenvalue weighted by Gasteiger charge is 2.48. The third-order valence-electron chi connectivity index (χ3n) is 21.7. The van der Waals surface area contributed by atoms with E-state index in [1.54, 1.807) is 9.80 Å². The Balaban J connectivity index is -0.000000242. The van der Waals surface area contributed by atoms with Crippen LogP contribution in [0, 0.1) is 0 Å². The van der Waals surface area contributed by atoms with E-state index in [1.165, 1.54) is 166 Å². The van der Waals surface area contributed by atoms with E-state index in [1.807, 2.05) is 33.0 Å². The third kappa shape index (κ3) is 98.8. The van der Waals surface area contributed by atoms with Gasteiger partial charge in [0.2, 0.25) is 7.37 Å². The molecule has 22 N–H and O–H groups in total. The molecule has 0 bridgehead atoms. The number of unbranched alkanes of at least 4 members (excludes halogenated alkanes) is 16. The second-order valence-electron chi connectivity index (χ2n) is 34.7. The topological polar surface area (TPSA) is 746 Å². The summed E-state index contributed by atoms with van der Waals surface area (Å²) in [6.07, 6.45) is 25.3. The van der Waals surface area contributed by atoms with E-state index in [9.17, 15) is 138 Å². The number of hydrogen-bond acceptors (Lipinski definition) is 31. The number of hydrogen-bond donors (Lipinski definition) is 19. The number of aliphatic hydroxyl groups excluding tert-OH is 2. The van der Waals surface area contributed by atoms with Crippen molar-refractivity contribution in [3.05, 3.63) is 12.4 Å². The van der Waals surface area contributed by atoms with Gasteiger partial charge in [-0.25, -0.2) is 0 Å². The standard InChI is InChI=1S/C35H80N4O12P4.C12H29NO6P2.C11H27NO7P2.C10H28N2O12P4.C5H11O2P.C3H9NO.2BrH.H2O/c1-4-5-6-7-8-9-10-11-12-13-14-15-16-17-18-19-30-39(2,3)31-20-21-36(22-24-37(26-32-52(40,41)42)27-33-53(43,44)45)23-25-38(28-34-54(46,47)48)29-35-55(49,50)51;1-6-7-8-13(9-11-20(14,16-2)17-3)10-12-21(15,18-4)19-5;1-16-20(14,17-2)10-7-12(6-5-9-13)8-11-21(15,18-3)19-4;1-12(2,3)6-4-5-11(7-9(25(13,14)15)26(16,17)18)8-10(27(19,20)21)28(22,23)24;1-4-8(6,5-2)7-3;4-2-1-3-5;;;/h4-35H2,1-3H3,(H7-,40,41,42,43,44,45,46,47,48,49,50,51);6-12H2,1-5H3;13H,5-11H2,1-4H3;9-10H,4-8H2,1-3H3,(H7-,13,14,15,16,17,18,19,20,21,22,23,24);4H,1,5H2,2-3H3;5H,1-4H2;2*1H;1H2. The van der Waals surface area contributed by atoms with Gasteiger partial charge in [-0.2, -0.15) is 0 Å². The van der Waals surface area contributed by atoms with Gasteiger partial charge in [0.15, 0.2) is 10.8 Å². The Bertz CT molecular complexity index is 3380. The number of nitrogens with zero attached hydrogens (tertiary/aromatic N) is 8. The van der Waals surface area contributed by atoms with Gasteiger partial charge < -0.3 is 208 Å². The van der Waals surface area contributed by atoms with Crippen LogP contribution in [-0.2, 0) is 100 Å². The molecule has 862 valence electrons. The van der Waals surface area contributed by atoms with Gasteiger partial charge in [-0.05, 0) is 51.0 Å². The van der Waals surface area contributed by atoms with Crippen LogP contribution in [0.1, 0.15) is 162 Å². The van der Waals surface area contributed by atoms with Gasteiger partial charge in [0.25, 0.3) is 0 Å². The maximum Gasteiger partial charge on any atom is 0.342 e. The fourth-order valence-corrected chi connectivity index (χ4v) is 24.7. The first-order chi connectivity index (χ1) is 63.4. The molecule has 0 aliphatic rings. The molecule has 0 saturated heterocycles. The fourth-order valence-electron chi connectivity index (χ4n) is 12.7. The largest absolute Gasteiger partial charge is 1.00 e. The van der Waals surface area contributed by atoms with Crippen molar-refractivity contribution in [1.29, 1.82) is 0 Å². The average Bonchev–Trinajstić information content (AvgIpc) is 0.801. The van der Waals surface area contributed by atoms with E-state index in [-0.39, 0.29) is 117 Å². The molecule has 0 aromatic carbocycles. The molecule has 0 spiro atoms. The predicted octanol–water partition coefficient (Wildman–Crippen LogP) is 3.37. The summed E-state index contributed by atoms with van der Waals surface area (Å²) < 4.78 is 197. The lowest BCUT2D eigenvalue weighted by molar-refractivity contribution is -0.890. The van der Waals surface area contributed by atoms with Crippen LogP contribution >= 0.6 is 98.5 Å². The van der Waals surface area contributed by atoms with Crippen LogP contribution in [0.2, 0.25) is 0 Å².